The van der Waals surface area contributed by atoms with Crippen LogP contribution in [0.5, 0.6) is 0 Å². The fourth-order valence-electron chi connectivity index (χ4n) is 5.32. The van der Waals surface area contributed by atoms with Gasteiger partial charge in [-0.3, -0.25) is 9.59 Å². The number of halogens is 1. The number of hydrogen-bond acceptors (Lipinski definition) is 6. The minimum atomic E-state index is -0.749. The van der Waals surface area contributed by atoms with E-state index in [1.54, 1.807) is 24.4 Å². The van der Waals surface area contributed by atoms with Gasteiger partial charge in [0.1, 0.15) is 18.2 Å². The molecule has 1 aliphatic rings. The van der Waals surface area contributed by atoms with Crippen LogP contribution in [-0.4, -0.2) is 43.7 Å². The largest absolute Gasteiger partial charge is 0.462 e. The third-order valence-electron chi connectivity index (χ3n) is 6.98. The lowest BCUT2D eigenvalue weighted by Gasteiger charge is -2.27. The van der Waals surface area contributed by atoms with Crippen molar-refractivity contribution >= 4 is 17.6 Å². The molecule has 1 saturated heterocycles. The van der Waals surface area contributed by atoms with Crippen molar-refractivity contribution in [2.75, 3.05) is 5.32 Å². The van der Waals surface area contributed by atoms with Gasteiger partial charge < -0.3 is 19.7 Å². The molecular weight excluding hydrogens is 511 g/mol. The number of nitrogens with zero attached hydrogens (tertiary/aromatic N) is 3. The van der Waals surface area contributed by atoms with Crippen LogP contribution in [0.1, 0.15) is 55.1 Å². The maximum absolute atomic E-state index is 14.0. The summed E-state index contributed by atoms with van der Waals surface area (Å²) in [4.78, 5) is 34.6. The number of rotatable bonds is 8. The Labute approximate surface area is 231 Å². The topological polar surface area (TPSA) is 106 Å². The van der Waals surface area contributed by atoms with E-state index in [4.69, 9.17) is 4.74 Å². The molecule has 3 heterocycles. The number of benzene rings is 2. The molecule has 0 saturated carbocycles. The van der Waals surface area contributed by atoms with E-state index < -0.39 is 18.2 Å². The van der Waals surface area contributed by atoms with Crippen molar-refractivity contribution in [3.05, 3.63) is 90.3 Å². The van der Waals surface area contributed by atoms with Crippen LogP contribution in [0.15, 0.2) is 73.2 Å². The Morgan fingerprint density at radius 1 is 1.15 bits per heavy atom. The van der Waals surface area contributed by atoms with E-state index in [1.165, 1.54) is 18.5 Å². The minimum Gasteiger partial charge on any atom is -0.462 e. The highest BCUT2D eigenvalue weighted by molar-refractivity contribution is 6.12. The highest BCUT2D eigenvalue weighted by Gasteiger charge is 2.33. The van der Waals surface area contributed by atoms with Gasteiger partial charge >= 0.3 is 5.97 Å². The van der Waals surface area contributed by atoms with Gasteiger partial charge in [-0.25, -0.2) is 14.4 Å². The van der Waals surface area contributed by atoms with Crippen molar-refractivity contribution in [3.63, 3.8) is 0 Å². The summed E-state index contributed by atoms with van der Waals surface area (Å²) in [5.74, 6) is -1.20. The average molecular weight is 543 g/mol. The number of nitrogens with one attached hydrogen (secondary N) is 1. The minimum absolute atomic E-state index is 0.0141. The third-order valence-corrected chi connectivity index (χ3v) is 6.98. The van der Waals surface area contributed by atoms with Crippen LogP contribution in [0.3, 0.4) is 0 Å². The maximum Gasteiger partial charge on any atom is 0.308 e. The van der Waals surface area contributed by atoms with Gasteiger partial charge in [-0.15, -0.1) is 0 Å². The first-order valence-electron chi connectivity index (χ1n) is 13.3. The molecule has 40 heavy (non-hydrogen) atoms. The van der Waals surface area contributed by atoms with Crippen molar-refractivity contribution in [1.82, 2.24) is 14.5 Å². The molecule has 8 nitrogen and oxygen atoms in total. The van der Waals surface area contributed by atoms with Crippen LogP contribution in [0.25, 0.3) is 22.5 Å². The molecule has 1 aliphatic heterocycles. The van der Waals surface area contributed by atoms with Gasteiger partial charge in [0.2, 0.25) is 0 Å². The lowest BCUT2D eigenvalue weighted by molar-refractivity contribution is -0.160. The van der Waals surface area contributed by atoms with Crippen LogP contribution < -0.4 is 5.32 Å². The van der Waals surface area contributed by atoms with Crippen LogP contribution in [0, 0.1) is 5.82 Å². The fraction of sp³-hybridized carbons (Fsp3) is 0.290. The zero-order valence-corrected chi connectivity index (χ0v) is 22.4. The Morgan fingerprint density at radius 3 is 2.55 bits per heavy atom. The first-order chi connectivity index (χ1) is 19.3. The zero-order valence-electron chi connectivity index (χ0n) is 22.4. The van der Waals surface area contributed by atoms with Gasteiger partial charge in [-0.05, 0) is 53.9 Å². The van der Waals surface area contributed by atoms with E-state index in [9.17, 15) is 19.1 Å². The van der Waals surface area contributed by atoms with Crippen LogP contribution in [0.4, 0.5) is 10.1 Å². The molecule has 0 spiro atoms. The Balaban J connectivity index is 1.71. The van der Waals surface area contributed by atoms with Crippen molar-refractivity contribution in [2.45, 2.75) is 57.8 Å². The average Bonchev–Trinajstić information content (AvgIpc) is 3.28. The molecule has 2 aromatic heterocycles. The molecular formula is C31H31FN4O4. The smallest absolute Gasteiger partial charge is 0.308 e. The summed E-state index contributed by atoms with van der Waals surface area (Å²) in [5.41, 5.74) is 4.43. The number of anilines is 1. The lowest BCUT2D eigenvalue weighted by Crippen LogP contribution is -2.33. The number of esters is 1. The SMILES string of the molecule is CC(C)c1c(C(=O)Nc2ccccc2)c(-c2ccncn2)c(-c2ccc(F)cc2)n1CCC1CC(O)CC(=O)O1. The summed E-state index contributed by atoms with van der Waals surface area (Å²) in [6, 6.07) is 17.1. The van der Waals surface area contributed by atoms with Crippen LogP contribution in [0.2, 0.25) is 0 Å². The van der Waals surface area contributed by atoms with Crippen molar-refractivity contribution in [1.29, 1.82) is 0 Å². The van der Waals surface area contributed by atoms with Gasteiger partial charge in [-0.1, -0.05) is 32.0 Å². The monoisotopic (exact) mass is 542 g/mol. The molecule has 5 rings (SSSR count). The molecule has 4 aromatic rings. The van der Waals surface area contributed by atoms with E-state index in [-0.39, 0.29) is 24.1 Å². The maximum atomic E-state index is 14.0. The van der Waals surface area contributed by atoms with Gasteiger partial charge in [0.25, 0.3) is 5.91 Å². The molecule has 2 unspecified atom stereocenters. The highest BCUT2D eigenvalue weighted by Crippen LogP contribution is 2.42. The zero-order chi connectivity index (χ0) is 28.2. The van der Waals surface area contributed by atoms with Crippen molar-refractivity contribution in [2.24, 2.45) is 0 Å². The standard InChI is InChI=1S/C31H31FN4O4/c1-19(2)29-28(31(39)35-22-6-4-3-5-7-22)27(25-12-14-33-18-34-25)30(20-8-10-21(32)11-9-20)36(29)15-13-24-16-23(37)17-26(38)40-24/h3-12,14,18-19,23-24,37H,13,15-17H2,1-2H3,(H,35,39). The molecule has 0 radical (unpaired) electrons. The highest BCUT2D eigenvalue weighted by atomic mass is 19.1. The number of carbonyl (C=O) groups excluding carboxylic acids is 2. The number of aliphatic hydroxyl groups is 1. The first-order valence-corrected chi connectivity index (χ1v) is 13.3. The number of amides is 1. The summed E-state index contributed by atoms with van der Waals surface area (Å²) in [6.45, 7) is 4.41. The molecule has 0 aliphatic carbocycles. The third kappa shape index (κ3) is 5.79. The van der Waals surface area contributed by atoms with E-state index in [1.807, 2.05) is 48.7 Å². The predicted molar refractivity (Wildman–Crippen MR) is 149 cm³/mol. The van der Waals surface area contributed by atoms with Gasteiger partial charge in [0.05, 0.1) is 29.5 Å². The number of ether oxygens (including phenoxy) is 1. The van der Waals surface area contributed by atoms with Crippen molar-refractivity contribution in [3.8, 4) is 22.5 Å². The normalized spacial score (nSPS) is 17.1. The number of hydrogen-bond donors (Lipinski definition) is 2. The van der Waals surface area contributed by atoms with Crippen molar-refractivity contribution < 1.29 is 23.8 Å². The fourth-order valence-corrected chi connectivity index (χ4v) is 5.32. The molecule has 9 heteroatoms. The second kappa shape index (κ2) is 11.8. The molecule has 2 N–H and O–H groups in total. The van der Waals surface area contributed by atoms with Gasteiger partial charge in [0.15, 0.2) is 0 Å². The summed E-state index contributed by atoms with van der Waals surface area (Å²) in [6.07, 6.45) is 2.58. The number of aliphatic hydroxyl groups excluding tert-OH is 1. The predicted octanol–water partition coefficient (Wildman–Crippen LogP) is 5.58. The van der Waals surface area contributed by atoms with Crippen LogP contribution in [-0.2, 0) is 16.1 Å². The Hall–Kier alpha value is -4.37. The second-order valence-corrected chi connectivity index (χ2v) is 10.2. The van der Waals surface area contributed by atoms with E-state index >= 15 is 0 Å². The molecule has 1 fully saturated rings. The Morgan fingerprint density at radius 2 is 1.90 bits per heavy atom. The van der Waals surface area contributed by atoms with E-state index in [2.05, 4.69) is 15.3 Å². The summed E-state index contributed by atoms with van der Waals surface area (Å²) in [7, 11) is 0. The molecule has 1 amide bonds. The summed E-state index contributed by atoms with van der Waals surface area (Å²) < 4.78 is 21.6. The number of aromatic nitrogens is 3. The second-order valence-electron chi connectivity index (χ2n) is 10.2. The summed E-state index contributed by atoms with van der Waals surface area (Å²) in [5, 5.41) is 13.2. The van der Waals surface area contributed by atoms with Gasteiger partial charge in [0, 0.05) is 42.5 Å². The van der Waals surface area contributed by atoms with E-state index in [0.29, 0.717) is 53.2 Å². The quantitative estimate of drug-likeness (QED) is 0.282. The van der Waals surface area contributed by atoms with E-state index in [0.717, 1.165) is 5.69 Å². The van der Waals surface area contributed by atoms with Gasteiger partial charge in [-0.2, -0.15) is 0 Å². The number of para-hydroxylation sites is 1. The molecule has 0 bridgehead atoms. The Bertz CT molecular complexity index is 1490. The lowest BCUT2D eigenvalue weighted by atomic mass is 9.97. The molecule has 2 aromatic carbocycles. The summed E-state index contributed by atoms with van der Waals surface area (Å²) >= 11 is 0. The Kier molecular flexibility index (Phi) is 8.02. The number of carbonyl (C=O) groups is 2. The molecule has 206 valence electrons. The number of cyclic esters (lactones) is 1. The van der Waals surface area contributed by atoms with Crippen LogP contribution >= 0.6 is 0 Å². The first kappa shape index (κ1) is 27.2. The molecule has 2 atom stereocenters.